The number of rotatable bonds is 3. The van der Waals surface area contributed by atoms with E-state index in [1.54, 1.807) is 0 Å². The van der Waals surface area contributed by atoms with E-state index in [2.05, 4.69) is 46.5 Å². The molecule has 2 aromatic rings. The predicted octanol–water partition coefficient (Wildman–Crippen LogP) is 2.18. The van der Waals surface area contributed by atoms with Crippen molar-refractivity contribution in [1.82, 2.24) is 15.3 Å². The average Bonchev–Trinajstić information content (AvgIpc) is 2.77. The molecule has 0 saturated heterocycles. The molecule has 1 aromatic heterocycles. The third-order valence-corrected chi connectivity index (χ3v) is 3.66. The Morgan fingerprint density at radius 1 is 1.30 bits per heavy atom. The molecule has 0 bridgehead atoms. The highest BCUT2D eigenvalue weighted by atomic mass is 16.1. The largest absolute Gasteiger partial charge is 0.351 e. The van der Waals surface area contributed by atoms with E-state index in [4.69, 9.17) is 0 Å². The summed E-state index contributed by atoms with van der Waals surface area (Å²) in [6, 6.07) is 8.51. The molecule has 0 saturated carbocycles. The molecule has 0 unspecified atom stereocenters. The summed E-state index contributed by atoms with van der Waals surface area (Å²) in [5.41, 5.74) is 4.15. The van der Waals surface area contributed by atoms with Crippen molar-refractivity contribution in [3.8, 4) is 0 Å². The number of aryl methyl sites for hydroxylation is 4. The molecule has 20 heavy (non-hydrogen) atoms. The van der Waals surface area contributed by atoms with Gasteiger partial charge in [0.2, 0.25) is 0 Å². The van der Waals surface area contributed by atoms with Crippen molar-refractivity contribution in [3.63, 3.8) is 0 Å². The molecule has 104 valence electrons. The van der Waals surface area contributed by atoms with E-state index in [9.17, 15) is 4.79 Å². The zero-order valence-electron chi connectivity index (χ0n) is 11.7. The smallest absolute Gasteiger partial charge is 0.271 e. The number of nitrogens with one attached hydrogen (secondary N) is 2. The monoisotopic (exact) mass is 269 g/mol. The van der Waals surface area contributed by atoms with Crippen molar-refractivity contribution < 1.29 is 4.79 Å². The second-order valence-corrected chi connectivity index (χ2v) is 5.36. The summed E-state index contributed by atoms with van der Waals surface area (Å²) in [6.07, 6.45) is 3.64. The highest BCUT2D eigenvalue weighted by molar-refractivity contribution is 5.93. The molecule has 0 fully saturated rings. The lowest BCUT2D eigenvalue weighted by molar-refractivity contribution is 0.0951. The van der Waals surface area contributed by atoms with E-state index in [1.165, 1.54) is 11.1 Å². The molecular weight excluding hydrogens is 250 g/mol. The number of nitrogens with zero attached hydrogens (tertiary/aromatic N) is 1. The maximum Gasteiger partial charge on any atom is 0.271 e. The van der Waals surface area contributed by atoms with Crippen LogP contribution in [0, 0.1) is 6.92 Å². The Bertz CT molecular complexity index is 630. The normalized spacial score (nSPS) is 14.6. The number of hydrogen-bond acceptors (Lipinski definition) is 2. The molecule has 2 N–H and O–H groups in total. The second-order valence-electron chi connectivity index (χ2n) is 5.36. The van der Waals surface area contributed by atoms with Crippen LogP contribution in [0.4, 0.5) is 0 Å². The van der Waals surface area contributed by atoms with Gasteiger partial charge in [-0.05, 0) is 31.7 Å². The fourth-order valence-electron chi connectivity index (χ4n) is 2.63. The zero-order chi connectivity index (χ0) is 13.9. The molecule has 2 heterocycles. The molecule has 1 aromatic carbocycles. The number of benzene rings is 1. The lowest BCUT2D eigenvalue weighted by Crippen LogP contribution is -2.23. The van der Waals surface area contributed by atoms with Crippen LogP contribution in [0.15, 0.2) is 24.3 Å². The third-order valence-electron chi connectivity index (χ3n) is 3.66. The minimum absolute atomic E-state index is 0.0458. The number of fused-ring (bicyclic) bond motifs is 1. The van der Waals surface area contributed by atoms with Crippen LogP contribution in [0.2, 0.25) is 0 Å². The van der Waals surface area contributed by atoms with E-state index in [0.717, 1.165) is 43.7 Å². The van der Waals surface area contributed by atoms with Crippen LogP contribution in [-0.4, -0.2) is 22.4 Å². The van der Waals surface area contributed by atoms with Crippen molar-refractivity contribution in [2.24, 2.45) is 0 Å². The molecule has 0 radical (unpaired) electrons. The first-order chi connectivity index (χ1) is 9.72. The SMILES string of the molecule is Cc1cccc(CCc2nc3c([nH]2)CCCNC3=O)c1. The molecule has 1 aliphatic rings. The number of aromatic amines is 1. The van der Waals surface area contributed by atoms with Gasteiger partial charge in [0.05, 0.1) is 0 Å². The topological polar surface area (TPSA) is 57.8 Å². The summed E-state index contributed by atoms with van der Waals surface area (Å²) < 4.78 is 0. The van der Waals surface area contributed by atoms with Crippen molar-refractivity contribution in [2.45, 2.75) is 32.6 Å². The average molecular weight is 269 g/mol. The van der Waals surface area contributed by atoms with E-state index in [1.807, 2.05) is 0 Å². The minimum atomic E-state index is -0.0458. The number of carbonyl (C=O) groups excluding carboxylic acids is 1. The summed E-state index contributed by atoms with van der Waals surface area (Å²) in [6.45, 7) is 2.84. The third kappa shape index (κ3) is 2.74. The molecule has 4 nitrogen and oxygen atoms in total. The minimum Gasteiger partial charge on any atom is -0.351 e. The van der Waals surface area contributed by atoms with Gasteiger partial charge in [-0.15, -0.1) is 0 Å². The highest BCUT2D eigenvalue weighted by Gasteiger charge is 2.19. The van der Waals surface area contributed by atoms with Gasteiger partial charge >= 0.3 is 0 Å². The van der Waals surface area contributed by atoms with E-state index in [-0.39, 0.29) is 5.91 Å². The van der Waals surface area contributed by atoms with Crippen molar-refractivity contribution in [2.75, 3.05) is 6.54 Å². The molecule has 4 heteroatoms. The quantitative estimate of drug-likeness (QED) is 0.897. The van der Waals surface area contributed by atoms with Crippen LogP contribution in [0.1, 0.15) is 39.6 Å². The molecule has 0 spiro atoms. The Balaban J connectivity index is 1.72. The summed E-state index contributed by atoms with van der Waals surface area (Å²) >= 11 is 0. The highest BCUT2D eigenvalue weighted by Crippen LogP contribution is 2.14. The van der Waals surface area contributed by atoms with E-state index < -0.39 is 0 Å². The molecule has 0 atom stereocenters. The van der Waals surface area contributed by atoms with Crippen molar-refractivity contribution in [1.29, 1.82) is 0 Å². The molecule has 1 aliphatic heterocycles. The van der Waals surface area contributed by atoms with Gasteiger partial charge in [0.1, 0.15) is 11.5 Å². The van der Waals surface area contributed by atoms with Gasteiger partial charge < -0.3 is 10.3 Å². The first-order valence-corrected chi connectivity index (χ1v) is 7.14. The maximum atomic E-state index is 11.8. The number of H-pyrrole nitrogens is 1. The molecule has 0 aliphatic carbocycles. The standard InChI is InChI=1S/C16H19N3O/c1-11-4-2-5-12(10-11)7-8-14-18-13-6-3-9-17-16(20)15(13)19-14/h2,4-5,10H,3,6-9H2,1H3,(H,17,20)(H,18,19). The Kier molecular flexibility index (Phi) is 3.54. The lowest BCUT2D eigenvalue weighted by Gasteiger charge is -2.01. The summed E-state index contributed by atoms with van der Waals surface area (Å²) in [7, 11) is 0. The van der Waals surface area contributed by atoms with Crippen LogP contribution in [0.25, 0.3) is 0 Å². The van der Waals surface area contributed by atoms with Crippen LogP contribution >= 0.6 is 0 Å². The maximum absolute atomic E-state index is 11.8. The zero-order valence-corrected chi connectivity index (χ0v) is 11.7. The van der Waals surface area contributed by atoms with Crippen LogP contribution < -0.4 is 5.32 Å². The number of amides is 1. The first kappa shape index (κ1) is 12.9. The van der Waals surface area contributed by atoms with Crippen LogP contribution in [0.5, 0.6) is 0 Å². The summed E-state index contributed by atoms with van der Waals surface area (Å²) in [4.78, 5) is 19.6. The van der Waals surface area contributed by atoms with Crippen molar-refractivity contribution in [3.05, 3.63) is 52.6 Å². The van der Waals surface area contributed by atoms with Gasteiger partial charge in [-0.1, -0.05) is 29.8 Å². The Hall–Kier alpha value is -2.10. The lowest BCUT2D eigenvalue weighted by atomic mass is 10.1. The Morgan fingerprint density at radius 3 is 3.05 bits per heavy atom. The number of hydrogen-bond donors (Lipinski definition) is 2. The van der Waals surface area contributed by atoms with Gasteiger partial charge in [0, 0.05) is 18.7 Å². The number of carbonyl (C=O) groups is 1. The van der Waals surface area contributed by atoms with Crippen LogP contribution in [0.3, 0.4) is 0 Å². The van der Waals surface area contributed by atoms with Crippen molar-refractivity contribution >= 4 is 5.91 Å². The van der Waals surface area contributed by atoms with Gasteiger partial charge in [0.25, 0.3) is 5.91 Å². The second kappa shape index (κ2) is 5.49. The first-order valence-electron chi connectivity index (χ1n) is 7.14. The summed E-state index contributed by atoms with van der Waals surface area (Å²) in [5.74, 6) is 0.865. The molecule has 1 amide bonds. The fourth-order valence-corrected chi connectivity index (χ4v) is 2.63. The number of aromatic nitrogens is 2. The van der Waals surface area contributed by atoms with E-state index in [0.29, 0.717) is 5.69 Å². The van der Waals surface area contributed by atoms with Gasteiger partial charge in [-0.2, -0.15) is 0 Å². The van der Waals surface area contributed by atoms with Crippen LogP contribution in [-0.2, 0) is 19.3 Å². The van der Waals surface area contributed by atoms with Gasteiger partial charge in [0.15, 0.2) is 0 Å². The number of imidazole rings is 1. The molecule has 3 rings (SSSR count). The van der Waals surface area contributed by atoms with E-state index >= 15 is 0 Å². The Labute approximate surface area is 118 Å². The molecular formula is C16H19N3O. The fraction of sp³-hybridized carbons (Fsp3) is 0.375. The predicted molar refractivity (Wildman–Crippen MR) is 77.8 cm³/mol. The summed E-state index contributed by atoms with van der Waals surface area (Å²) in [5, 5.41) is 2.87. The van der Waals surface area contributed by atoms with Gasteiger partial charge in [-0.25, -0.2) is 4.98 Å². The van der Waals surface area contributed by atoms with Gasteiger partial charge in [-0.3, -0.25) is 4.79 Å². The Morgan fingerprint density at radius 2 is 2.20 bits per heavy atom.